The Kier molecular flexibility index (Phi) is 5.86. The lowest BCUT2D eigenvalue weighted by Crippen LogP contribution is -2.41. The van der Waals surface area contributed by atoms with Gasteiger partial charge in [-0.2, -0.15) is 0 Å². The molecule has 1 aromatic rings. The van der Waals surface area contributed by atoms with Gasteiger partial charge in [0, 0.05) is 31.5 Å². The summed E-state index contributed by atoms with van der Waals surface area (Å²) in [5.41, 5.74) is 0.795. The molecule has 0 saturated carbocycles. The van der Waals surface area contributed by atoms with Gasteiger partial charge in [-0.05, 0) is 36.5 Å². The second-order valence-corrected chi connectivity index (χ2v) is 7.50. The van der Waals surface area contributed by atoms with Gasteiger partial charge in [0.2, 0.25) is 11.8 Å². The highest BCUT2D eigenvalue weighted by molar-refractivity contribution is 5.82. The van der Waals surface area contributed by atoms with Gasteiger partial charge in [0.1, 0.15) is 5.75 Å². The molecule has 2 rings (SSSR count). The number of aromatic hydroxyl groups is 1. The first kappa shape index (κ1) is 18.3. The summed E-state index contributed by atoms with van der Waals surface area (Å²) in [6.07, 6.45) is 2.22. The van der Waals surface area contributed by atoms with E-state index in [9.17, 15) is 14.7 Å². The van der Waals surface area contributed by atoms with E-state index in [1.807, 2.05) is 37.8 Å². The van der Waals surface area contributed by atoms with Crippen molar-refractivity contribution < 1.29 is 14.7 Å². The maximum absolute atomic E-state index is 12.3. The Morgan fingerprint density at radius 3 is 2.29 bits per heavy atom. The molecule has 5 nitrogen and oxygen atoms in total. The Labute approximate surface area is 144 Å². The molecule has 0 atom stereocenters. The monoisotopic (exact) mass is 332 g/mol. The van der Waals surface area contributed by atoms with E-state index in [0.717, 1.165) is 25.9 Å². The van der Waals surface area contributed by atoms with Gasteiger partial charge in [0.15, 0.2) is 0 Å². The van der Waals surface area contributed by atoms with E-state index in [2.05, 4.69) is 5.32 Å². The predicted octanol–water partition coefficient (Wildman–Crippen LogP) is 2.65. The first-order valence-corrected chi connectivity index (χ1v) is 8.62. The van der Waals surface area contributed by atoms with Crippen LogP contribution in [0.15, 0.2) is 24.3 Å². The van der Waals surface area contributed by atoms with Gasteiger partial charge < -0.3 is 15.3 Å². The maximum Gasteiger partial charge on any atom is 0.225 e. The quantitative estimate of drug-likeness (QED) is 0.890. The molecule has 0 radical (unpaired) electrons. The van der Waals surface area contributed by atoms with E-state index in [1.54, 1.807) is 12.1 Å². The van der Waals surface area contributed by atoms with Crippen LogP contribution in [0.25, 0.3) is 0 Å². The lowest BCUT2D eigenvalue weighted by molar-refractivity contribution is -0.132. The van der Waals surface area contributed by atoms with Crippen molar-refractivity contribution in [3.05, 3.63) is 29.8 Å². The Morgan fingerprint density at radius 2 is 1.75 bits per heavy atom. The van der Waals surface area contributed by atoms with Gasteiger partial charge in [-0.25, -0.2) is 0 Å². The molecule has 1 saturated heterocycles. The molecule has 0 spiro atoms. The van der Waals surface area contributed by atoms with Crippen LogP contribution in [0.3, 0.4) is 0 Å². The molecular weight excluding hydrogens is 304 g/mol. The van der Waals surface area contributed by atoms with Crippen LogP contribution in [0.1, 0.15) is 51.5 Å². The molecule has 1 heterocycles. The summed E-state index contributed by atoms with van der Waals surface area (Å²) >= 11 is 0. The van der Waals surface area contributed by atoms with Gasteiger partial charge in [-0.15, -0.1) is 0 Å². The predicted molar refractivity (Wildman–Crippen MR) is 93.7 cm³/mol. The molecule has 0 aliphatic carbocycles. The van der Waals surface area contributed by atoms with E-state index >= 15 is 0 Å². The van der Waals surface area contributed by atoms with Crippen molar-refractivity contribution in [1.29, 1.82) is 0 Å². The van der Waals surface area contributed by atoms with Crippen LogP contribution >= 0.6 is 0 Å². The summed E-state index contributed by atoms with van der Waals surface area (Å²) in [7, 11) is 0. The van der Waals surface area contributed by atoms with Crippen molar-refractivity contribution in [2.45, 2.75) is 46.0 Å². The topological polar surface area (TPSA) is 69.6 Å². The first-order valence-electron chi connectivity index (χ1n) is 8.62. The van der Waals surface area contributed by atoms with Crippen LogP contribution in [0, 0.1) is 5.41 Å². The van der Waals surface area contributed by atoms with Crippen LogP contribution in [0.4, 0.5) is 0 Å². The number of benzene rings is 1. The Morgan fingerprint density at radius 1 is 1.17 bits per heavy atom. The Bertz CT molecular complexity index is 567. The van der Waals surface area contributed by atoms with Crippen LogP contribution in [0.2, 0.25) is 0 Å². The smallest absolute Gasteiger partial charge is 0.225 e. The molecule has 1 aliphatic heterocycles. The largest absolute Gasteiger partial charge is 0.508 e. The third kappa shape index (κ3) is 4.98. The third-order valence-corrected chi connectivity index (χ3v) is 4.52. The van der Waals surface area contributed by atoms with Crippen molar-refractivity contribution in [1.82, 2.24) is 10.2 Å². The van der Waals surface area contributed by atoms with Crippen LogP contribution < -0.4 is 5.32 Å². The van der Waals surface area contributed by atoms with Crippen LogP contribution in [-0.2, 0) is 9.59 Å². The number of amides is 2. The molecule has 24 heavy (non-hydrogen) atoms. The Hall–Kier alpha value is -2.04. The van der Waals surface area contributed by atoms with Crippen molar-refractivity contribution in [2.75, 3.05) is 19.6 Å². The fourth-order valence-electron chi connectivity index (χ4n) is 2.91. The molecular formula is C19H28N2O3. The highest BCUT2D eigenvalue weighted by Gasteiger charge is 2.24. The van der Waals surface area contributed by atoms with E-state index in [1.165, 1.54) is 5.56 Å². The molecule has 1 aromatic carbocycles. The fraction of sp³-hybridized carbons (Fsp3) is 0.579. The van der Waals surface area contributed by atoms with E-state index in [0.29, 0.717) is 18.9 Å². The van der Waals surface area contributed by atoms with Crippen LogP contribution in [-0.4, -0.2) is 41.5 Å². The van der Waals surface area contributed by atoms with Gasteiger partial charge >= 0.3 is 0 Å². The highest BCUT2D eigenvalue weighted by atomic mass is 16.3. The standard InChI is InChI=1S/C19H28N2O3/c1-19(2,3)18(24)20-11-8-17(23)21-12-9-15(10-13-21)14-4-6-16(22)7-5-14/h4-7,15,22H,8-13H2,1-3H3,(H,20,24). The molecule has 1 aliphatic rings. The third-order valence-electron chi connectivity index (χ3n) is 4.52. The Balaban J connectivity index is 1.74. The van der Waals surface area contributed by atoms with Gasteiger partial charge in [-0.3, -0.25) is 9.59 Å². The minimum atomic E-state index is -0.425. The number of carbonyl (C=O) groups is 2. The second kappa shape index (κ2) is 7.69. The number of carbonyl (C=O) groups excluding carboxylic acids is 2. The molecule has 2 amide bonds. The minimum absolute atomic E-state index is 0.0265. The van der Waals surface area contributed by atoms with E-state index < -0.39 is 5.41 Å². The number of nitrogens with zero attached hydrogens (tertiary/aromatic N) is 1. The molecule has 0 bridgehead atoms. The summed E-state index contributed by atoms with van der Waals surface area (Å²) in [5.74, 6) is 0.800. The van der Waals surface area contributed by atoms with Crippen molar-refractivity contribution >= 4 is 11.8 Å². The summed E-state index contributed by atoms with van der Waals surface area (Å²) in [6.45, 7) is 7.47. The first-order chi connectivity index (χ1) is 11.3. The molecule has 132 valence electrons. The number of hydrogen-bond donors (Lipinski definition) is 2. The van der Waals surface area contributed by atoms with Crippen molar-refractivity contribution in [3.8, 4) is 5.75 Å². The van der Waals surface area contributed by atoms with Crippen molar-refractivity contribution in [2.24, 2.45) is 5.41 Å². The van der Waals surface area contributed by atoms with Crippen molar-refractivity contribution in [3.63, 3.8) is 0 Å². The van der Waals surface area contributed by atoms with Gasteiger partial charge in [0.25, 0.3) is 0 Å². The molecule has 0 aromatic heterocycles. The lowest BCUT2D eigenvalue weighted by atomic mass is 9.89. The number of likely N-dealkylation sites (tertiary alicyclic amines) is 1. The normalized spacial score (nSPS) is 16.0. The second-order valence-electron chi connectivity index (χ2n) is 7.50. The fourth-order valence-corrected chi connectivity index (χ4v) is 2.91. The summed E-state index contributed by atoms with van der Waals surface area (Å²) < 4.78 is 0. The highest BCUT2D eigenvalue weighted by Crippen LogP contribution is 2.29. The number of rotatable bonds is 4. The van der Waals surface area contributed by atoms with Crippen LogP contribution in [0.5, 0.6) is 5.75 Å². The molecule has 0 unspecified atom stereocenters. The zero-order chi connectivity index (χ0) is 17.7. The zero-order valence-corrected chi connectivity index (χ0v) is 14.8. The summed E-state index contributed by atoms with van der Waals surface area (Å²) in [5, 5.41) is 12.2. The molecule has 5 heteroatoms. The van der Waals surface area contributed by atoms with Gasteiger partial charge in [-0.1, -0.05) is 32.9 Å². The summed E-state index contributed by atoms with van der Waals surface area (Å²) in [6, 6.07) is 7.34. The zero-order valence-electron chi connectivity index (χ0n) is 14.8. The van der Waals surface area contributed by atoms with E-state index in [-0.39, 0.29) is 17.6 Å². The summed E-state index contributed by atoms with van der Waals surface area (Å²) in [4.78, 5) is 25.9. The number of nitrogens with one attached hydrogen (secondary N) is 1. The SMILES string of the molecule is CC(C)(C)C(=O)NCCC(=O)N1CCC(c2ccc(O)cc2)CC1. The lowest BCUT2D eigenvalue weighted by Gasteiger charge is -2.32. The molecule has 1 fully saturated rings. The average molecular weight is 332 g/mol. The number of hydrogen-bond acceptors (Lipinski definition) is 3. The number of piperidine rings is 1. The number of phenols is 1. The van der Waals surface area contributed by atoms with Gasteiger partial charge in [0.05, 0.1) is 0 Å². The molecule has 2 N–H and O–H groups in total. The number of phenolic OH excluding ortho intramolecular Hbond substituents is 1. The minimum Gasteiger partial charge on any atom is -0.508 e. The van der Waals surface area contributed by atoms with E-state index in [4.69, 9.17) is 0 Å². The average Bonchev–Trinajstić information content (AvgIpc) is 2.54. The maximum atomic E-state index is 12.3.